The van der Waals surface area contributed by atoms with Crippen LogP contribution in [0.25, 0.3) is 133 Å². The minimum atomic E-state index is 0.650. The van der Waals surface area contributed by atoms with Crippen molar-refractivity contribution >= 4 is 65.6 Å². The van der Waals surface area contributed by atoms with Crippen LogP contribution in [0.5, 0.6) is 0 Å². The second-order valence-electron chi connectivity index (χ2n) is 16.3. The van der Waals surface area contributed by atoms with Gasteiger partial charge in [-0.2, -0.15) is 0 Å². The zero-order valence-electron chi connectivity index (χ0n) is 34.4. The SMILES string of the molecule is c1ccc(-c2nc(-c3cccc(-c4nc5ccccc5c5c(-c6ccccc6)c6c(cc45)oc4ccccc46)c3)cc(-c3cccc(-c4cccc5c4oc4ccccc45)c3)n2)cc1. The number of rotatable bonds is 6. The number of benzene rings is 9. The molecule has 0 saturated heterocycles. The highest BCUT2D eigenvalue weighted by molar-refractivity contribution is 6.27. The molecule has 64 heavy (non-hydrogen) atoms. The maximum Gasteiger partial charge on any atom is 0.160 e. The van der Waals surface area contributed by atoms with Crippen molar-refractivity contribution in [1.82, 2.24) is 15.0 Å². The Morgan fingerprint density at radius 3 is 1.64 bits per heavy atom. The molecule has 0 bridgehead atoms. The highest BCUT2D eigenvalue weighted by Gasteiger charge is 2.22. The Hall–Kier alpha value is -8.67. The molecule has 0 unspecified atom stereocenters. The molecule has 0 fully saturated rings. The van der Waals surface area contributed by atoms with E-state index in [1.54, 1.807) is 0 Å². The second-order valence-corrected chi connectivity index (χ2v) is 16.3. The summed E-state index contributed by atoms with van der Waals surface area (Å²) < 4.78 is 13.1. The number of nitrogens with zero attached hydrogens (tertiary/aromatic N) is 3. The van der Waals surface area contributed by atoms with E-state index in [1.807, 2.05) is 42.5 Å². The Labute approximate surface area is 367 Å². The van der Waals surface area contributed by atoms with Gasteiger partial charge >= 0.3 is 0 Å². The van der Waals surface area contributed by atoms with E-state index in [2.05, 4.69) is 170 Å². The molecule has 0 aliphatic rings. The van der Waals surface area contributed by atoms with Crippen molar-refractivity contribution in [2.24, 2.45) is 0 Å². The molecular weight excluding hydrogens is 783 g/mol. The minimum Gasteiger partial charge on any atom is -0.456 e. The third kappa shape index (κ3) is 5.83. The Morgan fingerprint density at radius 1 is 0.312 bits per heavy atom. The van der Waals surface area contributed by atoms with Gasteiger partial charge in [0.15, 0.2) is 5.82 Å². The lowest BCUT2D eigenvalue weighted by atomic mass is 9.89. The van der Waals surface area contributed by atoms with E-state index in [9.17, 15) is 0 Å². The molecule has 298 valence electrons. The molecule has 0 amide bonds. The molecule has 4 aromatic heterocycles. The van der Waals surface area contributed by atoms with Gasteiger partial charge in [-0.25, -0.2) is 15.0 Å². The van der Waals surface area contributed by atoms with E-state index in [1.165, 1.54) is 0 Å². The molecule has 5 heteroatoms. The Kier molecular flexibility index (Phi) is 8.15. The maximum absolute atomic E-state index is 6.65. The van der Waals surface area contributed by atoms with Gasteiger partial charge in [-0.15, -0.1) is 0 Å². The van der Waals surface area contributed by atoms with Crippen LogP contribution in [0.1, 0.15) is 0 Å². The predicted molar refractivity (Wildman–Crippen MR) is 262 cm³/mol. The fraction of sp³-hybridized carbons (Fsp3) is 0. The molecule has 0 atom stereocenters. The molecular formula is C59H35N3O2. The van der Waals surface area contributed by atoms with E-state index < -0.39 is 0 Å². The molecule has 0 spiro atoms. The first-order chi connectivity index (χ1) is 31.7. The first-order valence-corrected chi connectivity index (χ1v) is 21.5. The number of furan rings is 2. The van der Waals surface area contributed by atoms with Gasteiger partial charge in [0.05, 0.1) is 22.6 Å². The van der Waals surface area contributed by atoms with Crippen molar-refractivity contribution in [3.8, 4) is 67.4 Å². The summed E-state index contributed by atoms with van der Waals surface area (Å²) in [7, 11) is 0. The van der Waals surface area contributed by atoms with Crippen LogP contribution in [0.4, 0.5) is 0 Å². The van der Waals surface area contributed by atoms with Gasteiger partial charge in [0, 0.05) is 71.1 Å². The molecule has 0 N–H and O–H groups in total. The monoisotopic (exact) mass is 817 g/mol. The first kappa shape index (κ1) is 36.0. The van der Waals surface area contributed by atoms with Crippen LogP contribution >= 0.6 is 0 Å². The lowest BCUT2D eigenvalue weighted by Gasteiger charge is -2.16. The van der Waals surface area contributed by atoms with Gasteiger partial charge in [0.2, 0.25) is 0 Å². The van der Waals surface area contributed by atoms with Gasteiger partial charge < -0.3 is 8.83 Å². The Bertz CT molecular complexity index is 3960. The first-order valence-electron chi connectivity index (χ1n) is 21.5. The van der Waals surface area contributed by atoms with Crippen LogP contribution in [-0.2, 0) is 0 Å². The van der Waals surface area contributed by atoms with Crippen LogP contribution in [0.15, 0.2) is 221 Å². The third-order valence-electron chi connectivity index (χ3n) is 12.5. The fourth-order valence-corrected chi connectivity index (χ4v) is 9.54. The van der Waals surface area contributed by atoms with Crippen molar-refractivity contribution in [1.29, 1.82) is 0 Å². The summed E-state index contributed by atoms with van der Waals surface area (Å²) in [5, 5.41) is 7.66. The third-order valence-corrected chi connectivity index (χ3v) is 12.5. The smallest absolute Gasteiger partial charge is 0.160 e. The number of hydrogen-bond acceptors (Lipinski definition) is 5. The minimum absolute atomic E-state index is 0.650. The molecule has 13 aromatic rings. The van der Waals surface area contributed by atoms with Gasteiger partial charge in [-0.3, -0.25) is 0 Å². The summed E-state index contributed by atoms with van der Waals surface area (Å²) in [6.45, 7) is 0. The molecule has 13 rings (SSSR count). The molecule has 5 nitrogen and oxygen atoms in total. The van der Waals surface area contributed by atoms with E-state index in [4.69, 9.17) is 23.8 Å². The summed E-state index contributed by atoms with van der Waals surface area (Å²) in [5.74, 6) is 0.650. The Morgan fingerprint density at radius 2 is 0.875 bits per heavy atom. The van der Waals surface area contributed by atoms with Crippen molar-refractivity contribution in [3.05, 3.63) is 212 Å². The average molecular weight is 818 g/mol. The molecule has 0 aliphatic carbocycles. The van der Waals surface area contributed by atoms with Crippen molar-refractivity contribution in [3.63, 3.8) is 0 Å². The zero-order chi connectivity index (χ0) is 42.1. The van der Waals surface area contributed by atoms with Gasteiger partial charge in [0.25, 0.3) is 0 Å². The zero-order valence-corrected chi connectivity index (χ0v) is 34.4. The summed E-state index contributed by atoms with van der Waals surface area (Å²) in [6.07, 6.45) is 0. The molecule has 4 heterocycles. The predicted octanol–water partition coefficient (Wildman–Crippen LogP) is 16.0. The quantitative estimate of drug-likeness (QED) is 0.156. The van der Waals surface area contributed by atoms with Crippen molar-refractivity contribution in [2.45, 2.75) is 0 Å². The molecule has 0 aliphatic heterocycles. The molecule has 0 saturated carbocycles. The number of fused-ring (bicyclic) bond motifs is 9. The summed E-state index contributed by atoms with van der Waals surface area (Å²) in [6, 6.07) is 73.6. The van der Waals surface area contributed by atoms with Crippen LogP contribution in [-0.4, -0.2) is 15.0 Å². The second kappa shape index (κ2) is 14.5. The standard InChI is InChI=1S/C59H35N3O2/c1-3-16-36(17-4-1)54-55-45-25-7-10-29-48(45)60-57(47(55)34-53-56(54)46-26-9-12-31-52(46)63-53)41-23-14-22-40(33-41)50-35-49(61-59(62-50)37-18-5-2-6-19-37)39-21-13-20-38(32-39)42-27-15-28-44-43-24-8-11-30-51(43)64-58(42)44/h1-35H. The molecule has 0 radical (unpaired) electrons. The number of para-hydroxylation sites is 4. The number of pyridine rings is 1. The van der Waals surface area contributed by atoms with Crippen LogP contribution in [0, 0.1) is 0 Å². The lowest BCUT2D eigenvalue weighted by Crippen LogP contribution is -1.97. The van der Waals surface area contributed by atoms with Crippen molar-refractivity contribution < 1.29 is 8.83 Å². The van der Waals surface area contributed by atoms with Crippen molar-refractivity contribution in [2.75, 3.05) is 0 Å². The normalized spacial score (nSPS) is 11.8. The van der Waals surface area contributed by atoms with Gasteiger partial charge in [-0.1, -0.05) is 170 Å². The highest BCUT2D eigenvalue weighted by atomic mass is 16.3. The maximum atomic E-state index is 6.65. The van der Waals surface area contributed by atoms with Crippen LogP contribution in [0.2, 0.25) is 0 Å². The lowest BCUT2D eigenvalue weighted by molar-refractivity contribution is 0.669. The molecule has 9 aromatic carbocycles. The van der Waals surface area contributed by atoms with Crippen LogP contribution < -0.4 is 0 Å². The Balaban J connectivity index is 1.01. The number of aromatic nitrogens is 3. The average Bonchev–Trinajstić information content (AvgIpc) is 3.94. The van der Waals surface area contributed by atoms with Gasteiger partial charge in [0.1, 0.15) is 22.3 Å². The number of hydrogen-bond donors (Lipinski definition) is 0. The van der Waals surface area contributed by atoms with E-state index >= 15 is 0 Å². The van der Waals surface area contributed by atoms with E-state index in [0.29, 0.717) is 5.82 Å². The van der Waals surface area contributed by atoms with E-state index in [0.717, 1.165) is 127 Å². The fourth-order valence-electron chi connectivity index (χ4n) is 9.54. The van der Waals surface area contributed by atoms with E-state index in [-0.39, 0.29) is 0 Å². The summed E-state index contributed by atoms with van der Waals surface area (Å²) >= 11 is 0. The highest BCUT2D eigenvalue weighted by Crippen LogP contribution is 2.46. The van der Waals surface area contributed by atoms with Gasteiger partial charge in [-0.05, 0) is 53.6 Å². The largest absolute Gasteiger partial charge is 0.456 e. The summed E-state index contributed by atoms with van der Waals surface area (Å²) in [5.41, 5.74) is 15.1. The topological polar surface area (TPSA) is 65.0 Å². The summed E-state index contributed by atoms with van der Waals surface area (Å²) in [4.78, 5) is 15.9. The van der Waals surface area contributed by atoms with Crippen LogP contribution in [0.3, 0.4) is 0 Å².